The number of hydrogen-bond donors (Lipinski definition) is 0. The van der Waals surface area contributed by atoms with Gasteiger partial charge in [0.1, 0.15) is 22.7 Å². The molecule has 2 unspecified atom stereocenters. The van der Waals surface area contributed by atoms with E-state index in [1.54, 1.807) is 0 Å². The van der Waals surface area contributed by atoms with E-state index >= 15 is 0 Å². The third-order valence-corrected chi connectivity index (χ3v) is 8.36. The Morgan fingerprint density at radius 1 is 0.528 bits per heavy atom. The molecule has 36 heavy (non-hydrogen) atoms. The number of unbranched alkanes of at least 4 members (excludes halogenated alkanes) is 2. The monoisotopic (exact) mass is 482 g/mol. The zero-order valence-corrected chi connectivity index (χ0v) is 22.7. The molecule has 0 spiro atoms. The van der Waals surface area contributed by atoms with Crippen molar-refractivity contribution in [2.45, 2.75) is 91.9 Å². The molecular formula is C34H42O2. The van der Waals surface area contributed by atoms with Crippen LogP contribution in [0.1, 0.15) is 90.6 Å². The molecule has 2 nitrogen and oxygen atoms in total. The summed E-state index contributed by atoms with van der Waals surface area (Å²) in [6, 6.07) is 18.0. The largest absolute Gasteiger partial charge is 0.461 e. The van der Waals surface area contributed by atoms with Crippen molar-refractivity contribution in [1.82, 2.24) is 0 Å². The van der Waals surface area contributed by atoms with Crippen molar-refractivity contribution in [3.05, 3.63) is 60.1 Å². The molecule has 0 bridgehead atoms. The van der Waals surface area contributed by atoms with Crippen LogP contribution in [0.4, 0.5) is 0 Å². The van der Waals surface area contributed by atoms with E-state index in [9.17, 15) is 0 Å². The molecular weight excluding hydrogens is 440 g/mol. The first-order valence-corrected chi connectivity index (χ1v) is 14.4. The Hall–Kier alpha value is -2.74. The average Bonchev–Trinajstić information content (AvgIpc) is 3.51. The van der Waals surface area contributed by atoms with E-state index in [2.05, 4.69) is 76.2 Å². The SMILES string of the molecule is CCCCC(CC)Cc1cc2c(ccc3c2ccc2c4cc(CC(CC)CCCC)oc4ccc23)o1. The third kappa shape index (κ3) is 4.92. The number of rotatable bonds is 12. The lowest BCUT2D eigenvalue weighted by Crippen LogP contribution is -2.02. The molecule has 0 saturated heterocycles. The Kier molecular flexibility index (Phi) is 7.70. The predicted molar refractivity (Wildman–Crippen MR) is 155 cm³/mol. The lowest BCUT2D eigenvalue weighted by Gasteiger charge is -2.11. The zero-order chi connectivity index (χ0) is 25.1. The highest BCUT2D eigenvalue weighted by Gasteiger charge is 2.16. The summed E-state index contributed by atoms with van der Waals surface area (Å²) in [7, 11) is 0. The van der Waals surface area contributed by atoms with Gasteiger partial charge in [0.2, 0.25) is 0 Å². The molecule has 0 radical (unpaired) electrons. The molecule has 0 aliphatic rings. The Balaban J connectivity index is 1.51. The van der Waals surface area contributed by atoms with E-state index in [4.69, 9.17) is 8.83 Å². The molecule has 0 N–H and O–H groups in total. The minimum Gasteiger partial charge on any atom is -0.461 e. The van der Waals surface area contributed by atoms with Crippen LogP contribution in [0.3, 0.4) is 0 Å². The van der Waals surface area contributed by atoms with Crippen LogP contribution in [-0.4, -0.2) is 0 Å². The van der Waals surface area contributed by atoms with E-state index < -0.39 is 0 Å². The topological polar surface area (TPSA) is 26.3 Å². The van der Waals surface area contributed by atoms with Crippen LogP contribution in [0.15, 0.2) is 57.4 Å². The van der Waals surface area contributed by atoms with Crippen LogP contribution in [0.5, 0.6) is 0 Å². The molecule has 5 aromatic rings. The van der Waals surface area contributed by atoms with Gasteiger partial charge in [-0.25, -0.2) is 0 Å². The van der Waals surface area contributed by atoms with Gasteiger partial charge in [0.05, 0.1) is 0 Å². The van der Waals surface area contributed by atoms with E-state index in [1.807, 2.05) is 0 Å². The smallest absolute Gasteiger partial charge is 0.134 e. The summed E-state index contributed by atoms with van der Waals surface area (Å²) < 4.78 is 12.7. The maximum absolute atomic E-state index is 6.33. The Labute approximate surface area is 216 Å². The minimum absolute atomic E-state index is 0.704. The highest BCUT2D eigenvalue weighted by molar-refractivity contribution is 6.21. The van der Waals surface area contributed by atoms with Crippen molar-refractivity contribution >= 4 is 43.5 Å². The average molecular weight is 483 g/mol. The minimum atomic E-state index is 0.704. The van der Waals surface area contributed by atoms with Gasteiger partial charge in [0.15, 0.2) is 0 Å². The van der Waals surface area contributed by atoms with Crippen molar-refractivity contribution in [3.63, 3.8) is 0 Å². The summed E-state index contributed by atoms with van der Waals surface area (Å²) >= 11 is 0. The standard InChI is InChI=1S/C34H42O2/c1-5-9-11-23(7-3)19-25-21-31-29-13-14-30-28(27(29)15-17-33(31)35-25)16-18-34-32(30)22-26(36-34)20-24(8-4)12-10-6-2/h13-18,21-24H,5-12,19-20H2,1-4H3. The van der Waals surface area contributed by atoms with Crippen LogP contribution in [0, 0.1) is 11.8 Å². The Morgan fingerprint density at radius 2 is 0.917 bits per heavy atom. The predicted octanol–water partition coefficient (Wildman–Crippen LogP) is 11.0. The lowest BCUT2D eigenvalue weighted by molar-refractivity contribution is 0.408. The summed E-state index contributed by atoms with van der Waals surface area (Å²) in [5.41, 5.74) is 2.01. The van der Waals surface area contributed by atoms with Gasteiger partial charge in [-0.3, -0.25) is 0 Å². The second-order valence-corrected chi connectivity index (χ2v) is 10.9. The quantitative estimate of drug-likeness (QED) is 0.165. The summed E-state index contributed by atoms with van der Waals surface area (Å²) in [5, 5.41) is 7.64. The molecule has 0 amide bonds. The first kappa shape index (κ1) is 24.9. The lowest BCUT2D eigenvalue weighted by atomic mass is 9.94. The molecule has 3 aromatic carbocycles. The van der Waals surface area contributed by atoms with E-state index in [0.717, 1.165) is 35.5 Å². The third-order valence-electron chi connectivity index (χ3n) is 8.36. The Morgan fingerprint density at radius 3 is 1.31 bits per heavy atom. The number of fused-ring (bicyclic) bond motifs is 7. The van der Waals surface area contributed by atoms with Gasteiger partial charge in [-0.1, -0.05) is 103 Å². The van der Waals surface area contributed by atoms with Crippen LogP contribution in [0.2, 0.25) is 0 Å². The van der Waals surface area contributed by atoms with Gasteiger partial charge in [-0.2, -0.15) is 0 Å². The normalized spacial score (nSPS) is 13.9. The van der Waals surface area contributed by atoms with E-state index in [1.165, 1.54) is 83.7 Å². The molecule has 5 rings (SSSR count). The highest BCUT2D eigenvalue weighted by atomic mass is 16.3. The fourth-order valence-corrected chi connectivity index (χ4v) is 6.02. The van der Waals surface area contributed by atoms with Crippen molar-refractivity contribution in [2.75, 3.05) is 0 Å². The van der Waals surface area contributed by atoms with E-state index in [0.29, 0.717) is 11.8 Å². The molecule has 0 saturated carbocycles. The molecule has 2 atom stereocenters. The number of hydrogen-bond acceptors (Lipinski definition) is 2. The van der Waals surface area contributed by atoms with Crippen molar-refractivity contribution in [1.29, 1.82) is 0 Å². The van der Waals surface area contributed by atoms with Crippen LogP contribution in [-0.2, 0) is 12.8 Å². The molecule has 2 aromatic heterocycles. The van der Waals surface area contributed by atoms with Crippen molar-refractivity contribution in [3.8, 4) is 0 Å². The van der Waals surface area contributed by atoms with Gasteiger partial charge in [-0.05, 0) is 57.6 Å². The first-order chi connectivity index (χ1) is 17.6. The molecule has 0 aliphatic heterocycles. The Bertz CT molecular complexity index is 1340. The highest BCUT2D eigenvalue weighted by Crippen LogP contribution is 2.37. The maximum Gasteiger partial charge on any atom is 0.134 e. The summed E-state index contributed by atoms with van der Waals surface area (Å²) in [6.45, 7) is 9.16. The maximum atomic E-state index is 6.33. The van der Waals surface area contributed by atoms with Gasteiger partial charge in [-0.15, -0.1) is 0 Å². The number of benzene rings is 3. The van der Waals surface area contributed by atoms with Crippen molar-refractivity contribution in [2.24, 2.45) is 11.8 Å². The molecule has 0 aliphatic carbocycles. The van der Waals surface area contributed by atoms with E-state index in [-0.39, 0.29) is 0 Å². The molecule has 190 valence electrons. The molecule has 0 fully saturated rings. The fourth-order valence-electron chi connectivity index (χ4n) is 6.02. The van der Waals surface area contributed by atoms with Gasteiger partial charge in [0, 0.05) is 23.6 Å². The van der Waals surface area contributed by atoms with Crippen LogP contribution in [0.25, 0.3) is 43.5 Å². The van der Waals surface area contributed by atoms with Gasteiger partial charge in [0.25, 0.3) is 0 Å². The van der Waals surface area contributed by atoms with Crippen LogP contribution >= 0.6 is 0 Å². The summed E-state index contributed by atoms with van der Waals surface area (Å²) in [5.74, 6) is 3.67. The first-order valence-electron chi connectivity index (χ1n) is 14.4. The van der Waals surface area contributed by atoms with Crippen LogP contribution < -0.4 is 0 Å². The number of furan rings is 2. The van der Waals surface area contributed by atoms with Gasteiger partial charge >= 0.3 is 0 Å². The molecule has 2 heteroatoms. The zero-order valence-electron chi connectivity index (χ0n) is 22.7. The summed E-state index contributed by atoms with van der Waals surface area (Å²) in [4.78, 5) is 0. The van der Waals surface area contributed by atoms with Crippen molar-refractivity contribution < 1.29 is 8.83 Å². The second kappa shape index (κ2) is 11.1. The fraction of sp³-hybridized carbons (Fsp3) is 0.471. The molecule has 2 heterocycles. The van der Waals surface area contributed by atoms with Gasteiger partial charge < -0.3 is 8.83 Å². The summed E-state index contributed by atoms with van der Waals surface area (Å²) in [6.07, 6.45) is 12.2. The second-order valence-electron chi connectivity index (χ2n) is 10.9.